The van der Waals surface area contributed by atoms with E-state index < -0.39 is 0 Å². The van der Waals surface area contributed by atoms with Crippen LogP contribution in [-0.4, -0.2) is 6.54 Å². The highest BCUT2D eigenvalue weighted by molar-refractivity contribution is 5.67. The van der Waals surface area contributed by atoms with Gasteiger partial charge in [-0.2, -0.15) is 0 Å². The van der Waals surface area contributed by atoms with Gasteiger partial charge in [0, 0.05) is 12.6 Å². The summed E-state index contributed by atoms with van der Waals surface area (Å²) >= 11 is 0. The number of rotatable bonds is 3. The van der Waals surface area contributed by atoms with Crippen molar-refractivity contribution < 1.29 is 0 Å². The molecule has 2 rings (SSSR count). The molecule has 0 heterocycles. The fourth-order valence-corrected chi connectivity index (χ4v) is 1.97. The van der Waals surface area contributed by atoms with Crippen molar-refractivity contribution in [2.24, 2.45) is 11.5 Å². The molecule has 4 N–H and O–H groups in total. The monoisotopic (exact) mass is 226 g/mol. The Balaban J connectivity index is 2.43. The van der Waals surface area contributed by atoms with E-state index in [0.29, 0.717) is 6.54 Å². The van der Waals surface area contributed by atoms with Crippen LogP contribution in [0.5, 0.6) is 0 Å². The lowest BCUT2D eigenvalue weighted by Crippen LogP contribution is -2.20. The fourth-order valence-electron chi connectivity index (χ4n) is 1.97. The number of nitrogens with two attached hydrogens (primary N) is 2. The van der Waals surface area contributed by atoms with E-state index in [1.54, 1.807) is 0 Å². The van der Waals surface area contributed by atoms with Gasteiger partial charge in [0.2, 0.25) is 0 Å². The normalized spacial score (nSPS) is 12.4. The Bertz CT molecular complexity index is 506. The van der Waals surface area contributed by atoms with Crippen LogP contribution in [0.25, 0.3) is 11.1 Å². The molecule has 2 nitrogen and oxygen atoms in total. The summed E-state index contributed by atoms with van der Waals surface area (Å²) in [5.41, 5.74) is 16.4. The van der Waals surface area contributed by atoms with Gasteiger partial charge in [0.1, 0.15) is 0 Å². The predicted molar refractivity (Wildman–Crippen MR) is 72.6 cm³/mol. The summed E-state index contributed by atoms with van der Waals surface area (Å²) in [6, 6.07) is 16.6. The van der Waals surface area contributed by atoms with Gasteiger partial charge in [0.25, 0.3) is 0 Å². The molecule has 0 fully saturated rings. The van der Waals surface area contributed by atoms with Gasteiger partial charge < -0.3 is 11.5 Å². The second-order valence-corrected chi connectivity index (χ2v) is 4.28. The average molecular weight is 226 g/mol. The zero-order chi connectivity index (χ0) is 12.3. The van der Waals surface area contributed by atoms with Gasteiger partial charge in [0.15, 0.2) is 0 Å². The molecule has 17 heavy (non-hydrogen) atoms. The minimum absolute atomic E-state index is 0.0843. The summed E-state index contributed by atoms with van der Waals surface area (Å²) in [7, 11) is 0. The molecule has 2 aromatic rings. The van der Waals surface area contributed by atoms with E-state index in [0.717, 1.165) is 5.56 Å². The first-order valence-corrected chi connectivity index (χ1v) is 5.84. The molecule has 0 unspecified atom stereocenters. The van der Waals surface area contributed by atoms with Crippen molar-refractivity contribution in [1.82, 2.24) is 0 Å². The van der Waals surface area contributed by atoms with E-state index >= 15 is 0 Å². The molecule has 0 aromatic heterocycles. The molecule has 2 aromatic carbocycles. The third-order valence-electron chi connectivity index (χ3n) is 3.02. The minimum atomic E-state index is -0.0843. The summed E-state index contributed by atoms with van der Waals surface area (Å²) in [4.78, 5) is 0. The molecule has 0 aliphatic heterocycles. The molecule has 88 valence electrons. The van der Waals surface area contributed by atoms with E-state index in [2.05, 4.69) is 37.3 Å². The van der Waals surface area contributed by atoms with Crippen molar-refractivity contribution in [1.29, 1.82) is 0 Å². The summed E-state index contributed by atoms with van der Waals surface area (Å²) in [6.45, 7) is 2.59. The Morgan fingerprint density at radius 1 is 1.06 bits per heavy atom. The summed E-state index contributed by atoms with van der Waals surface area (Å²) < 4.78 is 0. The highest BCUT2D eigenvalue weighted by atomic mass is 14.7. The van der Waals surface area contributed by atoms with Crippen molar-refractivity contribution in [2.75, 3.05) is 6.54 Å². The largest absolute Gasteiger partial charge is 0.329 e. The third-order valence-corrected chi connectivity index (χ3v) is 3.02. The van der Waals surface area contributed by atoms with Crippen molar-refractivity contribution in [2.45, 2.75) is 13.0 Å². The summed E-state index contributed by atoms with van der Waals surface area (Å²) in [5, 5.41) is 0. The van der Waals surface area contributed by atoms with Gasteiger partial charge in [-0.3, -0.25) is 0 Å². The number of benzene rings is 2. The minimum Gasteiger partial charge on any atom is -0.329 e. The van der Waals surface area contributed by atoms with E-state index in [1.807, 2.05) is 18.2 Å². The lowest BCUT2D eigenvalue weighted by molar-refractivity contribution is 0.737. The maximum Gasteiger partial charge on any atom is 0.0419 e. The van der Waals surface area contributed by atoms with Crippen LogP contribution in [0.15, 0.2) is 48.5 Å². The lowest BCUT2D eigenvalue weighted by Gasteiger charge is -2.12. The fraction of sp³-hybridized carbons (Fsp3) is 0.200. The van der Waals surface area contributed by atoms with Crippen LogP contribution in [0.2, 0.25) is 0 Å². The highest BCUT2D eigenvalue weighted by Gasteiger charge is 2.06. The van der Waals surface area contributed by atoms with E-state index in [-0.39, 0.29) is 6.04 Å². The van der Waals surface area contributed by atoms with Crippen molar-refractivity contribution in [3.05, 3.63) is 59.7 Å². The quantitative estimate of drug-likeness (QED) is 0.845. The molecule has 0 aliphatic rings. The standard InChI is InChI=1S/C15H18N2/c1-11-5-2-3-8-14(11)12-6-4-7-13(9-12)15(17)10-16/h2-9,15H,10,16-17H2,1H3/t15-/m0/s1. The van der Waals surface area contributed by atoms with Gasteiger partial charge >= 0.3 is 0 Å². The zero-order valence-electron chi connectivity index (χ0n) is 10.1. The van der Waals surface area contributed by atoms with Gasteiger partial charge in [-0.05, 0) is 35.2 Å². The van der Waals surface area contributed by atoms with Gasteiger partial charge in [0.05, 0.1) is 0 Å². The first-order valence-electron chi connectivity index (χ1n) is 5.84. The van der Waals surface area contributed by atoms with Crippen LogP contribution >= 0.6 is 0 Å². The van der Waals surface area contributed by atoms with Crippen LogP contribution < -0.4 is 11.5 Å². The second kappa shape index (κ2) is 5.13. The van der Waals surface area contributed by atoms with Crippen LogP contribution in [0.1, 0.15) is 17.2 Å². The molecule has 2 heteroatoms. The van der Waals surface area contributed by atoms with Crippen LogP contribution in [0, 0.1) is 6.92 Å². The first-order chi connectivity index (χ1) is 8.22. The molecule has 0 radical (unpaired) electrons. The molecule has 0 bridgehead atoms. The molecular formula is C15H18N2. The van der Waals surface area contributed by atoms with E-state index in [9.17, 15) is 0 Å². The van der Waals surface area contributed by atoms with Crippen molar-refractivity contribution >= 4 is 0 Å². The van der Waals surface area contributed by atoms with Crippen molar-refractivity contribution in [3.8, 4) is 11.1 Å². The van der Waals surface area contributed by atoms with Gasteiger partial charge in [-0.25, -0.2) is 0 Å². The topological polar surface area (TPSA) is 52.0 Å². The molecule has 0 amide bonds. The second-order valence-electron chi connectivity index (χ2n) is 4.28. The Kier molecular flexibility index (Phi) is 3.57. The van der Waals surface area contributed by atoms with Gasteiger partial charge in [-0.15, -0.1) is 0 Å². The highest BCUT2D eigenvalue weighted by Crippen LogP contribution is 2.25. The van der Waals surface area contributed by atoms with Crippen LogP contribution in [-0.2, 0) is 0 Å². The number of hydrogen-bond donors (Lipinski definition) is 2. The maximum atomic E-state index is 5.95. The molecule has 0 saturated carbocycles. The smallest absolute Gasteiger partial charge is 0.0419 e. The SMILES string of the molecule is Cc1ccccc1-c1cccc([C@@H](N)CN)c1. The third kappa shape index (κ3) is 2.54. The molecular weight excluding hydrogens is 208 g/mol. The lowest BCUT2D eigenvalue weighted by atomic mass is 9.97. The Labute approximate surface area is 102 Å². The molecule has 1 atom stereocenters. The molecule has 0 aliphatic carbocycles. The maximum absolute atomic E-state index is 5.95. The zero-order valence-corrected chi connectivity index (χ0v) is 10.1. The predicted octanol–water partition coefficient (Wildman–Crippen LogP) is 2.62. The van der Waals surface area contributed by atoms with E-state index in [1.165, 1.54) is 16.7 Å². The Hall–Kier alpha value is -1.64. The summed E-state index contributed by atoms with van der Waals surface area (Å²) in [5.74, 6) is 0. The van der Waals surface area contributed by atoms with Crippen molar-refractivity contribution in [3.63, 3.8) is 0 Å². The summed E-state index contributed by atoms with van der Waals surface area (Å²) in [6.07, 6.45) is 0. The number of hydrogen-bond acceptors (Lipinski definition) is 2. The van der Waals surface area contributed by atoms with Gasteiger partial charge in [-0.1, -0.05) is 42.5 Å². The van der Waals surface area contributed by atoms with E-state index in [4.69, 9.17) is 11.5 Å². The van der Waals surface area contributed by atoms with Crippen LogP contribution in [0.3, 0.4) is 0 Å². The number of aryl methyl sites for hydroxylation is 1. The first kappa shape index (κ1) is 11.8. The Morgan fingerprint density at radius 3 is 2.53 bits per heavy atom. The average Bonchev–Trinajstić information content (AvgIpc) is 2.38. The Morgan fingerprint density at radius 2 is 1.82 bits per heavy atom. The van der Waals surface area contributed by atoms with Crippen LogP contribution in [0.4, 0.5) is 0 Å². The molecule has 0 saturated heterocycles. The molecule has 0 spiro atoms.